The number of hydrogen-bond donors (Lipinski definition) is 1. The number of benzene rings is 1. The second-order valence-electron chi connectivity index (χ2n) is 3.06. The predicted molar refractivity (Wildman–Crippen MR) is 67.3 cm³/mol. The first-order valence-corrected chi connectivity index (χ1v) is 6.05. The standard InChI is InChI=1S/C10H8Cl2N2OS/c11-7-1-9(13)10(2-8(7)12)15-4-6-3-14-5-16-6/h1-3,5H,4,13H2. The summed E-state index contributed by atoms with van der Waals surface area (Å²) in [4.78, 5) is 4.97. The number of nitrogen functional groups attached to an aromatic ring is 1. The summed E-state index contributed by atoms with van der Waals surface area (Å²) in [5.74, 6) is 0.530. The van der Waals surface area contributed by atoms with E-state index in [1.54, 1.807) is 23.8 Å². The third kappa shape index (κ3) is 2.58. The minimum absolute atomic E-state index is 0.421. The Balaban J connectivity index is 2.12. The van der Waals surface area contributed by atoms with Crippen LogP contribution in [-0.2, 0) is 6.61 Å². The van der Waals surface area contributed by atoms with E-state index in [-0.39, 0.29) is 0 Å². The Labute approximate surface area is 107 Å². The zero-order valence-corrected chi connectivity index (χ0v) is 10.4. The van der Waals surface area contributed by atoms with Gasteiger partial charge in [0.15, 0.2) is 0 Å². The van der Waals surface area contributed by atoms with Crippen LogP contribution in [-0.4, -0.2) is 4.98 Å². The summed E-state index contributed by atoms with van der Waals surface area (Å²) < 4.78 is 5.52. The van der Waals surface area contributed by atoms with Crippen LogP contribution in [0.4, 0.5) is 5.69 Å². The molecule has 2 aromatic rings. The number of rotatable bonds is 3. The molecule has 1 heterocycles. The van der Waals surface area contributed by atoms with Crippen LogP contribution in [0.2, 0.25) is 10.0 Å². The van der Waals surface area contributed by atoms with Gasteiger partial charge >= 0.3 is 0 Å². The number of halogens is 2. The monoisotopic (exact) mass is 274 g/mol. The van der Waals surface area contributed by atoms with E-state index in [9.17, 15) is 0 Å². The van der Waals surface area contributed by atoms with E-state index < -0.39 is 0 Å². The molecule has 2 rings (SSSR count). The Bertz CT molecular complexity index is 488. The van der Waals surface area contributed by atoms with Gasteiger partial charge in [-0.25, -0.2) is 0 Å². The summed E-state index contributed by atoms with van der Waals surface area (Å²) in [6.45, 7) is 0.423. The fourth-order valence-corrected chi connectivity index (χ4v) is 1.96. The quantitative estimate of drug-likeness (QED) is 0.870. The van der Waals surface area contributed by atoms with Crippen LogP contribution in [0.25, 0.3) is 0 Å². The van der Waals surface area contributed by atoms with Crippen molar-refractivity contribution in [3.63, 3.8) is 0 Å². The number of aromatic nitrogens is 1. The molecule has 0 bridgehead atoms. The predicted octanol–water partition coefficient (Wildman–Crippen LogP) is 3.61. The Morgan fingerprint density at radius 3 is 2.75 bits per heavy atom. The Morgan fingerprint density at radius 2 is 2.06 bits per heavy atom. The highest BCUT2D eigenvalue weighted by atomic mass is 35.5. The van der Waals surface area contributed by atoms with E-state index in [0.29, 0.717) is 28.1 Å². The molecule has 0 aliphatic heterocycles. The third-order valence-corrected chi connectivity index (χ3v) is 3.38. The van der Waals surface area contributed by atoms with Gasteiger partial charge in [0.2, 0.25) is 0 Å². The van der Waals surface area contributed by atoms with Crippen molar-refractivity contribution in [1.82, 2.24) is 4.98 Å². The van der Waals surface area contributed by atoms with Gasteiger partial charge in [0.25, 0.3) is 0 Å². The smallest absolute Gasteiger partial charge is 0.144 e. The summed E-state index contributed by atoms with van der Waals surface area (Å²) in [5.41, 5.74) is 7.97. The minimum atomic E-state index is 0.421. The Morgan fingerprint density at radius 1 is 1.31 bits per heavy atom. The molecule has 6 heteroatoms. The highest BCUT2D eigenvalue weighted by molar-refractivity contribution is 7.09. The van der Waals surface area contributed by atoms with Gasteiger partial charge in [0.05, 0.1) is 26.1 Å². The van der Waals surface area contributed by atoms with Gasteiger partial charge in [-0.1, -0.05) is 23.2 Å². The molecule has 84 valence electrons. The highest BCUT2D eigenvalue weighted by Gasteiger charge is 2.06. The molecule has 1 aromatic heterocycles. The van der Waals surface area contributed by atoms with Gasteiger partial charge in [-0.3, -0.25) is 4.98 Å². The lowest BCUT2D eigenvalue weighted by Gasteiger charge is -2.08. The molecule has 2 N–H and O–H groups in total. The molecule has 0 atom stereocenters. The summed E-state index contributed by atoms with van der Waals surface area (Å²) >= 11 is 13.2. The first-order chi connectivity index (χ1) is 7.66. The van der Waals surface area contributed by atoms with Crippen molar-refractivity contribution in [3.05, 3.63) is 38.8 Å². The minimum Gasteiger partial charge on any atom is -0.486 e. The first kappa shape index (κ1) is 11.5. The van der Waals surface area contributed by atoms with Gasteiger partial charge in [-0.2, -0.15) is 0 Å². The maximum absolute atomic E-state index is 5.87. The van der Waals surface area contributed by atoms with Crippen LogP contribution in [0.3, 0.4) is 0 Å². The van der Waals surface area contributed by atoms with Gasteiger partial charge in [-0.15, -0.1) is 11.3 Å². The van der Waals surface area contributed by atoms with Crippen molar-refractivity contribution in [2.75, 3.05) is 5.73 Å². The van der Waals surface area contributed by atoms with Crippen molar-refractivity contribution < 1.29 is 4.74 Å². The molecule has 0 aliphatic rings. The lowest BCUT2D eigenvalue weighted by Crippen LogP contribution is -1.97. The maximum atomic E-state index is 5.87. The van der Waals surface area contributed by atoms with Gasteiger partial charge in [-0.05, 0) is 6.07 Å². The number of ether oxygens (including phenoxy) is 1. The third-order valence-electron chi connectivity index (χ3n) is 1.91. The van der Waals surface area contributed by atoms with Gasteiger partial charge in [0, 0.05) is 12.3 Å². The van der Waals surface area contributed by atoms with Crippen molar-refractivity contribution in [3.8, 4) is 5.75 Å². The van der Waals surface area contributed by atoms with Crippen LogP contribution in [0, 0.1) is 0 Å². The lowest BCUT2D eigenvalue weighted by molar-refractivity contribution is 0.311. The summed E-state index contributed by atoms with van der Waals surface area (Å²) in [6.07, 6.45) is 1.75. The van der Waals surface area contributed by atoms with Crippen LogP contribution in [0.5, 0.6) is 5.75 Å². The number of nitrogens with two attached hydrogens (primary N) is 1. The van der Waals surface area contributed by atoms with E-state index in [1.165, 1.54) is 11.3 Å². The molecule has 0 radical (unpaired) electrons. The number of thiazole rings is 1. The lowest BCUT2D eigenvalue weighted by atomic mass is 10.3. The first-order valence-electron chi connectivity index (χ1n) is 4.41. The zero-order valence-electron chi connectivity index (χ0n) is 8.11. The average Bonchev–Trinajstić information content (AvgIpc) is 2.74. The molecule has 0 saturated carbocycles. The second kappa shape index (κ2) is 4.91. The fourth-order valence-electron chi connectivity index (χ4n) is 1.13. The topological polar surface area (TPSA) is 48.1 Å². The molecule has 16 heavy (non-hydrogen) atoms. The number of nitrogens with zero attached hydrogens (tertiary/aromatic N) is 1. The van der Waals surface area contributed by atoms with E-state index in [4.69, 9.17) is 33.7 Å². The molecule has 0 unspecified atom stereocenters. The molecular formula is C10H8Cl2N2OS. The maximum Gasteiger partial charge on any atom is 0.144 e. The second-order valence-corrected chi connectivity index (χ2v) is 4.85. The summed E-state index contributed by atoms with van der Waals surface area (Å²) in [7, 11) is 0. The summed E-state index contributed by atoms with van der Waals surface area (Å²) in [5, 5.41) is 0.847. The molecular weight excluding hydrogens is 267 g/mol. The van der Waals surface area contributed by atoms with E-state index in [1.807, 2.05) is 0 Å². The molecule has 0 amide bonds. The van der Waals surface area contributed by atoms with Crippen LogP contribution in [0.15, 0.2) is 23.8 Å². The largest absolute Gasteiger partial charge is 0.486 e. The van der Waals surface area contributed by atoms with E-state index in [0.717, 1.165) is 4.88 Å². The summed E-state index contributed by atoms with van der Waals surface area (Å²) in [6, 6.07) is 3.19. The van der Waals surface area contributed by atoms with Crippen LogP contribution >= 0.6 is 34.5 Å². The SMILES string of the molecule is Nc1cc(Cl)c(Cl)cc1OCc1cncs1. The van der Waals surface area contributed by atoms with Gasteiger partial charge < -0.3 is 10.5 Å². The molecule has 0 fully saturated rings. The van der Waals surface area contributed by atoms with Crippen LogP contribution < -0.4 is 10.5 Å². The highest BCUT2D eigenvalue weighted by Crippen LogP contribution is 2.32. The Kier molecular flexibility index (Phi) is 3.53. The number of anilines is 1. The number of hydrogen-bond acceptors (Lipinski definition) is 4. The van der Waals surface area contributed by atoms with Crippen molar-refractivity contribution in [2.45, 2.75) is 6.61 Å². The molecule has 0 spiro atoms. The van der Waals surface area contributed by atoms with Crippen molar-refractivity contribution >= 4 is 40.2 Å². The molecule has 0 saturated heterocycles. The Hall–Kier alpha value is -0.970. The van der Waals surface area contributed by atoms with E-state index in [2.05, 4.69) is 4.98 Å². The normalized spacial score (nSPS) is 10.4. The van der Waals surface area contributed by atoms with E-state index >= 15 is 0 Å². The van der Waals surface area contributed by atoms with Crippen molar-refractivity contribution in [1.29, 1.82) is 0 Å². The molecule has 0 aliphatic carbocycles. The molecule has 1 aromatic carbocycles. The van der Waals surface area contributed by atoms with Gasteiger partial charge in [0.1, 0.15) is 12.4 Å². The zero-order chi connectivity index (χ0) is 11.5. The fraction of sp³-hybridized carbons (Fsp3) is 0.100. The van der Waals surface area contributed by atoms with Crippen molar-refractivity contribution in [2.24, 2.45) is 0 Å². The van der Waals surface area contributed by atoms with Crippen LogP contribution in [0.1, 0.15) is 4.88 Å². The molecule has 3 nitrogen and oxygen atoms in total. The average molecular weight is 275 g/mol.